The number of hydrogen-bond acceptors (Lipinski definition) is 4. The first-order valence-electron chi connectivity index (χ1n) is 9.92. The molecule has 5 nitrogen and oxygen atoms in total. The van der Waals surface area contributed by atoms with Crippen molar-refractivity contribution in [1.29, 1.82) is 0 Å². The molecule has 29 heavy (non-hydrogen) atoms. The zero-order valence-corrected chi connectivity index (χ0v) is 16.5. The minimum atomic E-state index is -0.199. The topological polar surface area (TPSA) is 67.0 Å². The van der Waals surface area contributed by atoms with Crippen molar-refractivity contribution < 1.29 is 9.53 Å². The minimum Gasteiger partial charge on any atom is -0.497 e. The van der Waals surface area contributed by atoms with Crippen LogP contribution in [0.4, 0.5) is 5.82 Å². The van der Waals surface area contributed by atoms with Gasteiger partial charge in [0, 0.05) is 23.3 Å². The number of aromatic amines is 1. The molecule has 5 heteroatoms. The minimum absolute atomic E-state index is 0.194. The van der Waals surface area contributed by atoms with E-state index < -0.39 is 0 Å². The molecular weight excluding hydrogens is 362 g/mol. The summed E-state index contributed by atoms with van der Waals surface area (Å²) in [7, 11) is 1.65. The maximum Gasteiger partial charge on any atom is 0.162 e. The molecule has 5 rings (SSSR count). The average Bonchev–Trinajstić information content (AvgIpc) is 3.14. The van der Waals surface area contributed by atoms with Crippen LogP contribution in [-0.4, -0.2) is 23.1 Å². The number of anilines is 1. The lowest BCUT2D eigenvalue weighted by atomic mass is 9.73. The first kappa shape index (κ1) is 17.7. The number of methoxy groups -OCH3 is 1. The fourth-order valence-corrected chi connectivity index (χ4v) is 4.62. The highest BCUT2D eigenvalue weighted by atomic mass is 16.5. The number of carbonyl (C=O) groups excluding carboxylic acids is 1. The van der Waals surface area contributed by atoms with E-state index in [9.17, 15) is 4.79 Å². The largest absolute Gasteiger partial charge is 0.497 e. The van der Waals surface area contributed by atoms with E-state index in [4.69, 9.17) is 4.74 Å². The first-order valence-corrected chi connectivity index (χ1v) is 9.92. The van der Waals surface area contributed by atoms with Crippen molar-refractivity contribution in [1.82, 2.24) is 10.2 Å². The van der Waals surface area contributed by atoms with Gasteiger partial charge in [0.25, 0.3) is 0 Å². The summed E-state index contributed by atoms with van der Waals surface area (Å²) >= 11 is 0. The Morgan fingerprint density at radius 2 is 1.76 bits per heavy atom. The van der Waals surface area contributed by atoms with Gasteiger partial charge in [0.15, 0.2) is 11.6 Å². The van der Waals surface area contributed by atoms with Crippen LogP contribution in [0.1, 0.15) is 47.2 Å². The quantitative estimate of drug-likeness (QED) is 0.680. The summed E-state index contributed by atoms with van der Waals surface area (Å²) in [6.07, 6.45) is 1.37. The number of aromatic nitrogens is 2. The number of ketones is 1. The number of nitrogens with zero attached hydrogens (tertiary/aromatic N) is 1. The van der Waals surface area contributed by atoms with Gasteiger partial charge in [-0.1, -0.05) is 42.5 Å². The summed E-state index contributed by atoms with van der Waals surface area (Å²) in [5.74, 6) is 2.02. The van der Waals surface area contributed by atoms with Crippen molar-refractivity contribution in [2.24, 2.45) is 0 Å². The van der Waals surface area contributed by atoms with Gasteiger partial charge < -0.3 is 10.1 Å². The Hall–Kier alpha value is -3.34. The number of allylic oxidation sites excluding steroid dienone is 1. The molecule has 0 saturated carbocycles. The van der Waals surface area contributed by atoms with Crippen LogP contribution in [0.5, 0.6) is 5.75 Å². The third-order valence-electron chi connectivity index (χ3n) is 6.05. The van der Waals surface area contributed by atoms with E-state index in [-0.39, 0.29) is 17.7 Å². The van der Waals surface area contributed by atoms with Gasteiger partial charge in [-0.05, 0) is 48.1 Å². The highest BCUT2D eigenvalue weighted by molar-refractivity contribution is 6.09. The molecule has 1 aliphatic carbocycles. The maximum absolute atomic E-state index is 13.4. The van der Waals surface area contributed by atoms with Gasteiger partial charge in [-0.25, -0.2) is 0 Å². The van der Waals surface area contributed by atoms with E-state index in [1.807, 2.05) is 49.4 Å². The van der Waals surface area contributed by atoms with Gasteiger partial charge in [-0.3, -0.25) is 9.89 Å². The number of hydrogen-bond donors (Lipinski definition) is 2. The molecule has 2 aliphatic rings. The zero-order chi connectivity index (χ0) is 20.0. The van der Waals surface area contributed by atoms with Crippen molar-refractivity contribution in [2.75, 3.05) is 12.4 Å². The molecule has 0 saturated heterocycles. The van der Waals surface area contributed by atoms with Crippen molar-refractivity contribution in [3.8, 4) is 5.75 Å². The zero-order valence-electron chi connectivity index (χ0n) is 16.5. The lowest BCUT2D eigenvalue weighted by Crippen LogP contribution is -2.29. The maximum atomic E-state index is 13.4. The monoisotopic (exact) mass is 385 g/mol. The molecule has 1 aliphatic heterocycles. The Labute approximate surface area is 169 Å². The summed E-state index contributed by atoms with van der Waals surface area (Å²) in [6, 6.07) is 18.0. The Bertz CT molecular complexity index is 1100. The predicted molar refractivity (Wildman–Crippen MR) is 113 cm³/mol. The van der Waals surface area contributed by atoms with Crippen LogP contribution >= 0.6 is 0 Å². The molecule has 2 unspecified atom stereocenters. The molecule has 2 heterocycles. The van der Waals surface area contributed by atoms with Crippen molar-refractivity contribution in [3.05, 3.63) is 82.6 Å². The smallest absolute Gasteiger partial charge is 0.162 e. The number of benzene rings is 2. The van der Waals surface area contributed by atoms with Gasteiger partial charge >= 0.3 is 0 Å². The number of rotatable bonds is 3. The molecule has 0 bridgehead atoms. The van der Waals surface area contributed by atoms with Crippen LogP contribution < -0.4 is 10.1 Å². The van der Waals surface area contributed by atoms with Crippen molar-refractivity contribution in [2.45, 2.75) is 31.7 Å². The van der Waals surface area contributed by atoms with E-state index in [1.54, 1.807) is 7.11 Å². The fourth-order valence-electron chi connectivity index (χ4n) is 4.62. The normalized spacial score (nSPS) is 20.7. The number of ether oxygens (including phenoxy) is 1. The Morgan fingerprint density at radius 3 is 2.48 bits per heavy atom. The second-order valence-electron chi connectivity index (χ2n) is 7.75. The molecule has 2 N–H and O–H groups in total. The lowest BCUT2D eigenvalue weighted by molar-refractivity contribution is -0.116. The molecular formula is C24H23N3O2. The summed E-state index contributed by atoms with van der Waals surface area (Å²) in [6.45, 7) is 2.02. The van der Waals surface area contributed by atoms with Gasteiger partial charge in [0.05, 0.1) is 13.2 Å². The fraction of sp³-hybridized carbons (Fsp3) is 0.250. The first-order chi connectivity index (χ1) is 14.2. The Kier molecular flexibility index (Phi) is 4.23. The van der Waals surface area contributed by atoms with Crippen LogP contribution in [0.15, 0.2) is 60.2 Å². The third-order valence-corrected chi connectivity index (χ3v) is 6.05. The van der Waals surface area contributed by atoms with Crippen molar-refractivity contribution in [3.63, 3.8) is 0 Å². The summed E-state index contributed by atoms with van der Waals surface area (Å²) in [5.41, 5.74) is 6.30. The molecule has 146 valence electrons. The van der Waals surface area contributed by atoms with E-state index in [0.29, 0.717) is 6.42 Å². The van der Waals surface area contributed by atoms with Crippen molar-refractivity contribution >= 4 is 17.2 Å². The average molecular weight is 385 g/mol. The summed E-state index contributed by atoms with van der Waals surface area (Å²) in [4.78, 5) is 13.4. The molecule has 0 fully saturated rings. The number of aryl methyl sites for hydroxylation is 1. The lowest BCUT2D eigenvalue weighted by Gasteiger charge is -2.35. The summed E-state index contributed by atoms with van der Waals surface area (Å²) < 4.78 is 5.29. The molecule has 1 aromatic heterocycles. The molecule has 2 atom stereocenters. The van der Waals surface area contributed by atoms with E-state index >= 15 is 0 Å². The summed E-state index contributed by atoms with van der Waals surface area (Å²) in [5, 5.41) is 11.1. The number of Topliss-reactive ketones (excluding diaryl/α,β-unsaturated/α-hetero) is 1. The molecule has 0 radical (unpaired) electrons. The van der Waals surface area contributed by atoms with Crippen LogP contribution in [0, 0.1) is 6.92 Å². The van der Waals surface area contributed by atoms with E-state index in [0.717, 1.165) is 46.0 Å². The van der Waals surface area contributed by atoms with E-state index in [1.165, 1.54) is 5.56 Å². The molecule has 2 aromatic carbocycles. The number of nitrogens with one attached hydrogen (secondary N) is 2. The predicted octanol–water partition coefficient (Wildman–Crippen LogP) is 4.79. The van der Waals surface area contributed by atoms with Gasteiger partial charge in [-0.2, -0.15) is 5.10 Å². The van der Waals surface area contributed by atoms with Gasteiger partial charge in [0.1, 0.15) is 5.75 Å². The molecule has 0 spiro atoms. The number of H-pyrrole nitrogens is 1. The Balaban J connectivity index is 1.62. The van der Waals surface area contributed by atoms with Gasteiger partial charge in [-0.15, -0.1) is 0 Å². The van der Waals surface area contributed by atoms with Crippen LogP contribution in [0.25, 0.3) is 5.57 Å². The SMILES string of the molecule is COc1ccc(C2Nc3n[nH]c(C)c3C3=C2C(=O)CC(c2ccccc2)C3)cc1. The second kappa shape index (κ2) is 6.92. The van der Waals surface area contributed by atoms with Crippen LogP contribution in [0.3, 0.4) is 0 Å². The molecule has 3 aromatic rings. The molecule has 0 amide bonds. The van der Waals surface area contributed by atoms with Crippen LogP contribution in [-0.2, 0) is 4.79 Å². The number of fused-ring (bicyclic) bond motifs is 2. The highest BCUT2D eigenvalue weighted by Crippen LogP contribution is 2.49. The van der Waals surface area contributed by atoms with Crippen LogP contribution in [0.2, 0.25) is 0 Å². The second-order valence-corrected chi connectivity index (χ2v) is 7.75. The third kappa shape index (κ3) is 2.94. The highest BCUT2D eigenvalue weighted by Gasteiger charge is 2.39. The van der Waals surface area contributed by atoms with Gasteiger partial charge in [0.2, 0.25) is 0 Å². The standard InChI is InChI=1S/C24H23N3O2/c1-14-21-19-12-17(15-6-4-3-5-7-15)13-20(28)22(19)23(25-24(21)27-26-14)16-8-10-18(29-2)11-9-16/h3-11,17,23H,12-13H2,1-2H3,(H2,25,26,27). The number of carbonyl (C=O) groups is 1. The van der Waals surface area contributed by atoms with E-state index in [2.05, 4.69) is 27.6 Å². The Morgan fingerprint density at radius 1 is 1.00 bits per heavy atom.